The van der Waals surface area contributed by atoms with E-state index in [-0.39, 0.29) is 11.0 Å². The van der Waals surface area contributed by atoms with Gasteiger partial charge in [0, 0.05) is 0 Å². The summed E-state index contributed by atoms with van der Waals surface area (Å²) in [5, 5.41) is 0. The first-order valence-corrected chi connectivity index (χ1v) is 6.94. The van der Waals surface area contributed by atoms with Crippen LogP contribution >= 0.6 is 0 Å². The van der Waals surface area contributed by atoms with Crippen LogP contribution in [0.1, 0.15) is 60.5 Å². The second-order valence-electron chi connectivity index (χ2n) is 7.61. The highest BCUT2D eigenvalue weighted by molar-refractivity contribution is 5.22. The second-order valence-corrected chi connectivity index (χ2v) is 7.61. The van der Waals surface area contributed by atoms with Crippen molar-refractivity contribution in [2.45, 2.75) is 66.1 Å². The molecule has 0 N–H and O–H groups in total. The highest BCUT2D eigenvalue weighted by Gasteiger charge is 2.35. The van der Waals surface area contributed by atoms with Crippen LogP contribution in [0.25, 0.3) is 0 Å². The van der Waals surface area contributed by atoms with Crippen molar-refractivity contribution in [1.29, 1.82) is 0 Å². The molecule has 0 heterocycles. The molecule has 0 saturated heterocycles. The summed E-state index contributed by atoms with van der Waals surface area (Å²) < 4.78 is 0. The lowest BCUT2D eigenvalue weighted by Gasteiger charge is -2.36. The molecule has 108 valence electrons. The highest BCUT2D eigenvalue weighted by atomic mass is 17.2. The summed E-state index contributed by atoms with van der Waals surface area (Å²) in [5.41, 5.74) is 0.557. The van der Waals surface area contributed by atoms with E-state index in [0.29, 0.717) is 0 Å². The molecule has 0 radical (unpaired) electrons. The zero-order valence-electron chi connectivity index (χ0n) is 13.4. The third-order valence-corrected chi connectivity index (χ3v) is 2.73. The van der Waals surface area contributed by atoms with Gasteiger partial charge in [0.1, 0.15) is 5.60 Å². The van der Waals surface area contributed by atoms with Crippen LogP contribution in [0.3, 0.4) is 0 Å². The maximum Gasteiger partial charge on any atom is 0.126 e. The topological polar surface area (TPSA) is 18.5 Å². The molecule has 1 aromatic rings. The fourth-order valence-corrected chi connectivity index (χ4v) is 2.20. The van der Waals surface area contributed by atoms with E-state index in [0.717, 1.165) is 12.0 Å². The van der Waals surface area contributed by atoms with Crippen molar-refractivity contribution >= 4 is 0 Å². The Morgan fingerprint density at radius 1 is 0.789 bits per heavy atom. The van der Waals surface area contributed by atoms with Gasteiger partial charge in [0.05, 0.1) is 5.60 Å². The minimum atomic E-state index is -0.438. The van der Waals surface area contributed by atoms with E-state index in [1.54, 1.807) is 0 Å². The maximum absolute atomic E-state index is 5.86. The molecule has 19 heavy (non-hydrogen) atoms. The maximum atomic E-state index is 5.86. The minimum Gasteiger partial charge on any atom is -0.230 e. The molecular weight excluding hydrogens is 236 g/mol. The van der Waals surface area contributed by atoms with Gasteiger partial charge in [-0.05, 0) is 45.1 Å². The summed E-state index contributed by atoms with van der Waals surface area (Å²) in [4.78, 5) is 11.5. The van der Waals surface area contributed by atoms with E-state index < -0.39 is 5.60 Å². The van der Waals surface area contributed by atoms with Crippen molar-refractivity contribution < 1.29 is 9.78 Å². The fourth-order valence-electron chi connectivity index (χ4n) is 2.20. The number of benzene rings is 1. The zero-order valence-corrected chi connectivity index (χ0v) is 13.4. The quantitative estimate of drug-likeness (QED) is 0.557. The summed E-state index contributed by atoms with van der Waals surface area (Å²) in [6, 6.07) is 10.3. The van der Waals surface area contributed by atoms with Gasteiger partial charge in [-0.3, -0.25) is 0 Å². The van der Waals surface area contributed by atoms with E-state index in [1.807, 2.05) is 39.0 Å². The van der Waals surface area contributed by atoms with Crippen LogP contribution in [0.4, 0.5) is 0 Å². The van der Waals surface area contributed by atoms with Gasteiger partial charge in [-0.1, -0.05) is 51.1 Å². The molecule has 1 aromatic carbocycles. The standard InChI is InChI=1S/C17H28O2/c1-15(2,3)13-17(7,19-18-16(4,5)6)14-11-9-8-10-12-14/h8-12H,13H2,1-7H3. The number of hydrogen-bond donors (Lipinski definition) is 0. The third-order valence-electron chi connectivity index (χ3n) is 2.73. The van der Waals surface area contributed by atoms with Crippen LogP contribution in [0.2, 0.25) is 0 Å². The van der Waals surface area contributed by atoms with Gasteiger partial charge in [-0.25, -0.2) is 9.78 Å². The first kappa shape index (κ1) is 16.2. The lowest BCUT2D eigenvalue weighted by atomic mass is 9.79. The lowest BCUT2D eigenvalue weighted by molar-refractivity contribution is -0.409. The summed E-state index contributed by atoms with van der Waals surface area (Å²) in [6.07, 6.45) is 0.889. The molecule has 0 fully saturated rings. The molecule has 0 saturated carbocycles. The van der Waals surface area contributed by atoms with Crippen molar-refractivity contribution in [3.63, 3.8) is 0 Å². The predicted octanol–water partition coefficient (Wildman–Crippen LogP) is 5.08. The first-order chi connectivity index (χ1) is 8.52. The molecule has 2 nitrogen and oxygen atoms in total. The van der Waals surface area contributed by atoms with E-state index >= 15 is 0 Å². The summed E-state index contributed by atoms with van der Waals surface area (Å²) in [5.74, 6) is 0. The van der Waals surface area contributed by atoms with Gasteiger partial charge in [-0.2, -0.15) is 0 Å². The molecule has 0 aromatic heterocycles. The Morgan fingerprint density at radius 2 is 1.32 bits per heavy atom. The van der Waals surface area contributed by atoms with Crippen LogP contribution in [0, 0.1) is 5.41 Å². The van der Waals surface area contributed by atoms with Crippen molar-refractivity contribution in [3.05, 3.63) is 35.9 Å². The summed E-state index contributed by atoms with van der Waals surface area (Å²) in [7, 11) is 0. The Bertz CT molecular complexity index is 384. The highest BCUT2D eigenvalue weighted by Crippen LogP contribution is 2.38. The lowest BCUT2D eigenvalue weighted by Crippen LogP contribution is -2.34. The van der Waals surface area contributed by atoms with Crippen molar-refractivity contribution in [3.8, 4) is 0 Å². The second kappa shape index (κ2) is 5.64. The van der Waals surface area contributed by atoms with Crippen molar-refractivity contribution in [2.75, 3.05) is 0 Å². The van der Waals surface area contributed by atoms with Crippen molar-refractivity contribution in [2.24, 2.45) is 5.41 Å². The van der Waals surface area contributed by atoms with Gasteiger partial charge in [0.15, 0.2) is 0 Å². The monoisotopic (exact) mass is 264 g/mol. The fraction of sp³-hybridized carbons (Fsp3) is 0.647. The molecule has 1 unspecified atom stereocenters. The van der Waals surface area contributed by atoms with Crippen LogP contribution in [-0.2, 0) is 15.4 Å². The molecule has 0 aliphatic carbocycles. The molecule has 1 atom stereocenters. The first-order valence-electron chi connectivity index (χ1n) is 6.94. The largest absolute Gasteiger partial charge is 0.230 e. The Morgan fingerprint density at radius 3 is 1.74 bits per heavy atom. The normalized spacial score (nSPS) is 16.2. The van der Waals surface area contributed by atoms with Crippen LogP contribution < -0.4 is 0 Å². The van der Waals surface area contributed by atoms with Gasteiger partial charge in [0.2, 0.25) is 0 Å². The average Bonchev–Trinajstić information content (AvgIpc) is 2.25. The number of rotatable bonds is 4. The molecule has 2 heteroatoms. The minimum absolute atomic E-state index is 0.159. The van der Waals surface area contributed by atoms with E-state index in [9.17, 15) is 0 Å². The van der Waals surface area contributed by atoms with Gasteiger partial charge >= 0.3 is 0 Å². The zero-order chi connectivity index (χ0) is 14.7. The molecule has 0 bridgehead atoms. The molecule has 0 aliphatic rings. The number of hydrogen-bond acceptors (Lipinski definition) is 2. The van der Waals surface area contributed by atoms with E-state index in [4.69, 9.17) is 9.78 Å². The van der Waals surface area contributed by atoms with Gasteiger partial charge in [0.25, 0.3) is 0 Å². The summed E-state index contributed by atoms with van der Waals surface area (Å²) >= 11 is 0. The third kappa shape index (κ3) is 5.75. The van der Waals surface area contributed by atoms with Crippen molar-refractivity contribution in [1.82, 2.24) is 0 Å². The average molecular weight is 264 g/mol. The predicted molar refractivity (Wildman–Crippen MR) is 79.8 cm³/mol. The molecule has 1 rings (SSSR count). The van der Waals surface area contributed by atoms with Crippen LogP contribution in [0.5, 0.6) is 0 Å². The van der Waals surface area contributed by atoms with Gasteiger partial charge in [-0.15, -0.1) is 0 Å². The molecular formula is C17H28O2. The molecule has 0 amide bonds. The Kier molecular flexibility index (Phi) is 4.81. The van der Waals surface area contributed by atoms with E-state index in [2.05, 4.69) is 39.8 Å². The Labute approximate surface area is 118 Å². The SMILES string of the molecule is CC(C)(C)CC(C)(OOC(C)(C)C)c1ccccc1. The molecule has 0 spiro atoms. The Balaban J connectivity index is 2.97. The van der Waals surface area contributed by atoms with Crippen LogP contribution in [-0.4, -0.2) is 5.60 Å². The van der Waals surface area contributed by atoms with Crippen LogP contribution in [0.15, 0.2) is 30.3 Å². The summed E-state index contributed by atoms with van der Waals surface area (Å²) in [6.45, 7) is 14.7. The van der Waals surface area contributed by atoms with E-state index in [1.165, 1.54) is 0 Å². The smallest absolute Gasteiger partial charge is 0.126 e. The van der Waals surface area contributed by atoms with Gasteiger partial charge < -0.3 is 0 Å². The Hall–Kier alpha value is -0.860. The molecule has 0 aliphatic heterocycles.